The minimum atomic E-state index is -0.0399. The first-order chi connectivity index (χ1) is 9.13. The lowest BCUT2D eigenvalue weighted by Crippen LogP contribution is -2.51. The van der Waals surface area contributed by atoms with Crippen molar-refractivity contribution in [3.63, 3.8) is 0 Å². The molecule has 0 heterocycles. The van der Waals surface area contributed by atoms with Gasteiger partial charge in [-0.15, -0.1) is 0 Å². The fourth-order valence-electron chi connectivity index (χ4n) is 2.65. The van der Waals surface area contributed by atoms with E-state index in [1.165, 1.54) is 19.3 Å². The quantitative estimate of drug-likeness (QED) is 0.819. The number of hydrogen-bond donors (Lipinski definition) is 1. The van der Waals surface area contributed by atoms with E-state index in [-0.39, 0.29) is 11.4 Å². The number of alkyl halides is 1. The van der Waals surface area contributed by atoms with Gasteiger partial charge in [0.1, 0.15) is 0 Å². The lowest BCUT2D eigenvalue weighted by molar-refractivity contribution is -0.122. The minimum Gasteiger partial charge on any atom is -0.350 e. The summed E-state index contributed by atoms with van der Waals surface area (Å²) in [7, 11) is 0. The fourth-order valence-corrected chi connectivity index (χ4v) is 3.48. The van der Waals surface area contributed by atoms with Crippen LogP contribution in [0.4, 0.5) is 0 Å². The summed E-state index contributed by atoms with van der Waals surface area (Å²) in [5.41, 5.74) is 0.962. The van der Waals surface area contributed by atoms with Gasteiger partial charge in [0.15, 0.2) is 0 Å². The van der Waals surface area contributed by atoms with Gasteiger partial charge in [-0.05, 0) is 30.5 Å². The number of hydrogen-bond acceptors (Lipinski definition) is 1. The Kier molecular flexibility index (Phi) is 5.28. The molecule has 0 saturated heterocycles. The van der Waals surface area contributed by atoms with Crippen LogP contribution in [-0.4, -0.2) is 16.8 Å². The van der Waals surface area contributed by atoms with Gasteiger partial charge in [0.05, 0.1) is 6.42 Å². The number of rotatable bonds is 4. The largest absolute Gasteiger partial charge is 0.350 e. The van der Waals surface area contributed by atoms with Crippen molar-refractivity contribution in [1.29, 1.82) is 0 Å². The third-order valence-electron chi connectivity index (χ3n) is 3.75. The zero-order chi connectivity index (χ0) is 13.7. The molecule has 0 spiro atoms. The highest BCUT2D eigenvalue weighted by atomic mass is 79.9. The Bertz CT molecular complexity index is 426. The van der Waals surface area contributed by atoms with Crippen LogP contribution in [0.3, 0.4) is 0 Å². The van der Waals surface area contributed by atoms with E-state index < -0.39 is 0 Å². The van der Waals surface area contributed by atoms with Crippen LogP contribution < -0.4 is 5.32 Å². The molecule has 1 aliphatic rings. The van der Waals surface area contributed by atoms with Gasteiger partial charge in [-0.25, -0.2) is 0 Å². The molecule has 1 amide bonds. The first-order valence-electron chi connectivity index (χ1n) is 6.75. The van der Waals surface area contributed by atoms with Gasteiger partial charge in [-0.1, -0.05) is 58.9 Å². The summed E-state index contributed by atoms with van der Waals surface area (Å²) in [6.45, 7) is 0. The SMILES string of the molecule is O=C(Cc1ccc(Cl)cc1)NC1(CBr)CCCCC1. The molecule has 1 fully saturated rings. The zero-order valence-electron chi connectivity index (χ0n) is 10.9. The number of amides is 1. The molecular formula is C15H19BrClNO. The Hall–Kier alpha value is -0.540. The molecule has 0 bridgehead atoms. The third-order valence-corrected chi connectivity index (χ3v) is 5.07. The second-order valence-electron chi connectivity index (χ2n) is 5.33. The van der Waals surface area contributed by atoms with Gasteiger partial charge in [-0.2, -0.15) is 0 Å². The first-order valence-corrected chi connectivity index (χ1v) is 8.25. The molecular weight excluding hydrogens is 326 g/mol. The second kappa shape index (κ2) is 6.76. The monoisotopic (exact) mass is 343 g/mol. The number of nitrogens with one attached hydrogen (secondary N) is 1. The smallest absolute Gasteiger partial charge is 0.224 e. The number of halogens is 2. The normalized spacial score (nSPS) is 18.0. The van der Waals surface area contributed by atoms with Crippen molar-refractivity contribution in [2.24, 2.45) is 0 Å². The highest BCUT2D eigenvalue weighted by Gasteiger charge is 2.32. The Labute approximate surface area is 128 Å². The highest BCUT2D eigenvalue weighted by Crippen LogP contribution is 2.29. The van der Waals surface area contributed by atoms with Crippen LogP contribution in [-0.2, 0) is 11.2 Å². The van der Waals surface area contributed by atoms with E-state index in [1.807, 2.05) is 24.3 Å². The van der Waals surface area contributed by atoms with E-state index in [9.17, 15) is 4.79 Å². The van der Waals surface area contributed by atoms with Gasteiger partial charge < -0.3 is 5.32 Å². The number of carbonyl (C=O) groups excluding carboxylic acids is 1. The predicted octanol–water partition coefficient (Wildman–Crippen LogP) is 4.10. The molecule has 19 heavy (non-hydrogen) atoms. The Morgan fingerprint density at radius 1 is 1.21 bits per heavy atom. The summed E-state index contributed by atoms with van der Waals surface area (Å²) < 4.78 is 0. The zero-order valence-corrected chi connectivity index (χ0v) is 13.3. The predicted molar refractivity (Wildman–Crippen MR) is 82.9 cm³/mol. The lowest BCUT2D eigenvalue weighted by atomic mass is 9.83. The van der Waals surface area contributed by atoms with Crippen LogP contribution in [0.25, 0.3) is 0 Å². The maximum atomic E-state index is 12.2. The van der Waals surface area contributed by atoms with E-state index in [1.54, 1.807) is 0 Å². The second-order valence-corrected chi connectivity index (χ2v) is 6.32. The van der Waals surface area contributed by atoms with Crippen molar-refractivity contribution in [3.8, 4) is 0 Å². The maximum Gasteiger partial charge on any atom is 0.224 e. The molecule has 1 aliphatic carbocycles. The summed E-state index contributed by atoms with van der Waals surface area (Å²) in [5.74, 6) is 0.101. The minimum absolute atomic E-state index is 0.0399. The van der Waals surface area contributed by atoms with E-state index >= 15 is 0 Å². The van der Waals surface area contributed by atoms with E-state index in [0.717, 1.165) is 23.7 Å². The summed E-state index contributed by atoms with van der Waals surface area (Å²) in [6.07, 6.45) is 6.25. The van der Waals surface area contributed by atoms with Crippen LogP contribution in [0, 0.1) is 0 Å². The molecule has 0 atom stereocenters. The van der Waals surface area contributed by atoms with Gasteiger partial charge in [0.25, 0.3) is 0 Å². The Morgan fingerprint density at radius 3 is 2.42 bits per heavy atom. The van der Waals surface area contributed by atoms with Gasteiger partial charge in [0, 0.05) is 15.9 Å². The van der Waals surface area contributed by atoms with Gasteiger partial charge >= 0.3 is 0 Å². The molecule has 1 saturated carbocycles. The average Bonchev–Trinajstić information content (AvgIpc) is 2.42. The van der Waals surface area contributed by atoms with Crippen molar-refractivity contribution < 1.29 is 4.79 Å². The third kappa shape index (κ3) is 4.22. The molecule has 0 aliphatic heterocycles. The lowest BCUT2D eigenvalue weighted by Gasteiger charge is -2.36. The van der Waals surface area contributed by atoms with Crippen molar-refractivity contribution in [1.82, 2.24) is 5.32 Å². The molecule has 2 rings (SSSR count). The Balaban J connectivity index is 1.94. The van der Waals surface area contributed by atoms with Crippen LogP contribution in [0.15, 0.2) is 24.3 Å². The van der Waals surface area contributed by atoms with Crippen LogP contribution in [0.5, 0.6) is 0 Å². The van der Waals surface area contributed by atoms with Gasteiger partial charge in [0.2, 0.25) is 5.91 Å². The van der Waals surface area contributed by atoms with Crippen molar-refractivity contribution in [2.45, 2.75) is 44.1 Å². The van der Waals surface area contributed by atoms with E-state index in [4.69, 9.17) is 11.6 Å². The highest BCUT2D eigenvalue weighted by molar-refractivity contribution is 9.09. The van der Waals surface area contributed by atoms with E-state index in [2.05, 4.69) is 21.2 Å². The molecule has 1 aromatic rings. The standard InChI is InChI=1S/C15H19BrClNO/c16-11-15(8-2-1-3-9-15)18-14(19)10-12-4-6-13(17)7-5-12/h4-7H,1-3,8-11H2,(H,18,19). The van der Waals surface area contributed by atoms with Crippen molar-refractivity contribution >= 4 is 33.4 Å². The van der Waals surface area contributed by atoms with Crippen LogP contribution in [0.2, 0.25) is 5.02 Å². The molecule has 0 aromatic heterocycles. The van der Waals surface area contributed by atoms with Crippen LogP contribution in [0.1, 0.15) is 37.7 Å². The molecule has 0 unspecified atom stereocenters. The van der Waals surface area contributed by atoms with E-state index in [0.29, 0.717) is 11.4 Å². The first kappa shape index (κ1) is 14.9. The Morgan fingerprint density at radius 2 is 1.84 bits per heavy atom. The summed E-state index contributed by atoms with van der Waals surface area (Å²) in [4.78, 5) is 12.2. The molecule has 104 valence electrons. The van der Waals surface area contributed by atoms with Gasteiger partial charge in [-0.3, -0.25) is 4.79 Å². The number of benzene rings is 1. The number of carbonyl (C=O) groups is 1. The van der Waals surface area contributed by atoms with Crippen molar-refractivity contribution in [3.05, 3.63) is 34.9 Å². The molecule has 0 radical (unpaired) electrons. The molecule has 2 nitrogen and oxygen atoms in total. The molecule has 4 heteroatoms. The van der Waals surface area contributed by atoms with Crippen LogP contribution >= 0.6 is 27.5 Å². The molecule has 1 N–H and O–H groups in total. The summed E-state index contributed by atoms with van der Waals surface area (Å²) in [5, 5.41) is 4.77. The average molecular weight is 345 g/mol. The fraction of sp³-hybridized carbons (Fsp3) is 0.533. The van der Waals surface area contributed by atoms with Crippen molar-refractivity contribution in [2.75, 3.05) is 5.33 Å². The summed E-state index contributed by atoms with van der Waals surface area (Å²) >= 11 is 9.40. The molecule has 1 aromatic carbocycles. The topological polar surface area (TPSA) is 29.1 Å². The summed E-state index contributed by atoms with van der Waals surface area (Å²) in [6, 6.07) is 7.46. The maximum absolute atomic E-state index is 12.2.